The topological polar surface area (TPSA) is 65.1 Å². The lowest BCUT2D eigenvalue weighted by Crippen LogP contribution is -2.31. The van der Waals surface area contributed by atoms with Crippen molar-refractivity contribution < 1.29 is 22.6 Å². The molecule has 0 aromatic heterocycles. The van der Waals surface area contributed by atoms with Crippen molar-refractivity contribution in [2.45, 2.75) is 11.4 Å². The van der Waals surface area contributed by atoms with Crippen LogP contribution in [0, 0.1) is 0 Å². The molecule has 8 heteroatoms. The predicted molar refractivity (Wildman–Crippen MR) is 117 cm³/mol. The Hall–Kier alpha value is -2.90. The molecule has 3 aromatic carbocycles. The van der Waals surface area contributed by atoms with E-state index in [0.717, 1.165) is 0 Å². The van der Waals surface area contributed by atoms with Crippen LogP contribution in [-0.4, -0.2) is 29.7 Å². The summed E-state index contributed by atoms with van der Waals surface area (Å²) in [5.74, 6) is 1.49. The van der Waals surface area contributed by atoms with Gasteiger partial charge in [0.1, 0.15) is 10.6 Å². The van der Waals surface area contributed by atoms with Crippen molar-refractivity contribution in [3.05, 3.63) is 77.3 Å². The van der Waals surface area contributed by atoms with E-state index in [9.17, 15) is 8.42 Å². The second kappa shape index (κ2) is 9.28. The Morgan fingerprint density at radius 3 is 2.10 bits per heavy atom. The molecule has 3 aromatic rings. The van der Waals surface area contributed by atoms with Crippen molar-refractivity contribution in [2.75, 3.05) is 25.6 Å². The van der Waals surface area contributed by atoms with Crippen molar-refractivity contribution in [3.8, 4) is 17.2 Å². The monoisotopic (exact) mass is 447 g/mol. The number of rotatable bonds is 8. The summed E-state index contributed by atoms with van der Waals surface area (Å²) in [7, 11) is 0.554. The number of methoxy groups -OCH3 is 3. The standard InChI is InChI=1S/C22H22ClNO5S/c1-27-19-10-6-4-8-16(19)15-24(17-12-13-20(28-2)21(14-17)29-3)30(25,26)22-11-7-5-9-18(22)23/h4-14H,15H2,1-3H3. The molecule has 0 bridgehead atoms. The van der Waals surface area contributed by atoms with Crippen molar-refractivity contribution in [3.63, 3.8) is 0 Å². The van der Waals surface area contributed by atoms with Gasteiger partial charge in [0, 0.05) is 11.6 Å². The fraction of sp³-hybridized carbons (Fsp3) is 0.182. The highest BCUT2D eigenvalue weighted by atomic mass is 35.5. The van der Waals surface area contributed by atoms with Crippen molar-refractivity contribution in [2.24, 2.45) is 0 Å². The fourth-order valence-corrected chi connectivity index (χ4v) is 4.99. The van der Waals surface area contributed by atoms with E-state index in [1.807, 2.05) is 18.2 Å². The van der Waals surface area contributed by atoms with E-state index in [-0.39, 0.29) is 16.5 Å². The molecule has 0 N–H and O–H groups in total. The van der Waals surface area contributed by atoms with Crippen LogP contribution in [0.25, 0.3) is 0 Å². The van der Waals surface area contributed by atoms with Crippen LogP contribution in [0.2, 0.25) is 5.02 Å². The highest BCUT2D eigenvalue weighted by molar-refractivity contribution is 7.93. The maximum Gasteiger partial charge on any atom is 0.266 e. The molecule has 0 saturated carbocycles. The van der Waals surface area contributed by atoms with Gasteiger partial charge in [0.05, 0.1) is 38.6 Å². The fourth-order valence-electron chi connectivity index (χ4n) is 3.06. The van der Waals surface area contributed by atoms with Gasteiger partial charge in [-0.05, 0) is 30.3 Å². The molecule has 0 aliphatic carbocycles. The number of hydrogen-bond donors (Lipinski definition) is 0. The molecule has 30 heavy (non-hydrogen) atoms. The number of para-hydroxylation sites is 1. The average Bonchev–Trinajstić information content (AvgIpc) is 2.77. The SMILES string of the molecule is COc1ccccc1CN(c1ccc(OC)c(OC)c1)S(=O)(=O)c1ccccc1Cl. The number of benzene rings is 3. The number of nitrogens with zero attached hydrogens (tertiary/aromatic N) is 1. The third-order valence-corrected chi connectivity index (χ3v) is 6.84. The van der Waals surface area contributed by atoms with Gasteiger partial charge < -0.3 is 14.2 Å². The van der Waals surface area contributed by atoms with Crippen molar-refractivity contribution in [1.29, 1.82) is 0 Å². The zero-order valence-electron chi connectivity index (χ0n) is 16.8. The second-order valence-electron chi connectivity index (χ2n) is 6.29. The van der Waals surface area contributed by atoms with Crippen LogP contribution in [-0.2, 0) is 16.6 Å². The van der Waals surface area contributed by atoms with Gasteiger partial charge in [0.25, 0.3) is 10.0 Å². The number of sulfonamides is 1. The lowest BCUT2D eigenvalue weighted by molar-refractivity contribution is 0.355. The Kier molecular flexibility index (Phi) is 6.74. The molecular formula is C22H22ClNO5S. The number of halogens is 1. The Morgan fingerprint density at radius 1 is 0.800 bits per heavy atom. The summed E-state index contributed by atoms with van der Waals surface area (Å²) >= 11 is 6.23. The summed E-state index contributed by atoms with van der Waals surface area (Å²) in [5.41, 5.74) is 1.10. The lowest BCUT2D eigenvalue weighted by atomic mass is 10.2. The molecule has 0 radical (unpaired) electrons. The molecular weight excluding hydrogens is 426 g/mol. The van der Waals surface area contributed by atoms with Gasteiger partial charge in [-0.3, -0.25) is 4.31 Å². The minimum atomic E-state index is -4.00. The first-order valence-corrected chi connectivity index (χ1v) is 10.9. The molecule has 0 spiro atoms. The zero-order valence-corrected chi connectivity index (χ0v) is 18.4. The molecule has 0 unspecified atom stereocenters. The summed E-state index contributed by atoms with van der Waals surface area (Å²) < 4.78 is 44.6. The maximum atomic E-state index is 13.6. The van der Waals surface area contributed by atoms with E-state index < -0.39 is 10.0 Å². The molecule has 0 amide bonds. The number of hydrogen-bond acceptors (Lipinski definition) is 5. The molecule has 0 heterocycles. The molecule has 0 atom stereocenters. The van der Waals surface area contributed by atoms with Gasteiger partial charge in [-0.2, -0.15) is 0 Å². The molecule has 0 aliphatic rings. The minimum absolute atomic E-state index is 0.0105. The van der Waals surface area contributed by atoms with E-state index in [2.05, 4.69) is 0 Å². The maximum absolute atomic E-state index is 13.6. The van der Waals surface area contributed by atoms with Crippen LogP contribution in [0.15, 0.2) is 71.6 Å². The van der Waals surface area contributed by atoms with E-state index in [4.69, 9.17) is 25.8 Å². The Morgan fingerprint density at radius 2 is 1.43 bits per heavy atom. The summed E-state index contributed by atoms with van der Waals surface area (Å²) in [4.78, 5) is 0.0105. The summed E-state index contributed by atoms with van der Waals surface area (Å²) in [5, 5.41) is 0.142. The average molecular weight is 448 g/mol. The van der Waals surface area contributed by atoms with Gasteiger partial charge in [-0.15, -0.1) is 0 Å². The number of ether oxygens (including phenoxy) is 3. The second-order valence-corrected chi connectivity index (χ2v) is 8.53. The van der Waals surface area contributed by atoms with E-state index in [1.165, 1.54) is 24.6 Å². The van der Waals surface area contributed by atoms with Crippen LogP contribution >= 0.6 is 11.6 Å². The Balaban J connectivity index is 2.18. The molecule has 0 aliphatic heterocycles. The van der Waals surface area contributed by atoms with Crippen molar-refractivity contribution >= 4 is 27.3 Å². The summed E-state index contributed by atoms with van der Waals surface area (Å²) in [6, 6.07) is 18.5. The van der Waals surface area contributed by atoms with Crippen LogP contribution in [0.4, 0.5) is 5.69 Å². The molecule has 0 fully saturated rings. The van der Waals surface area contributed by atoms with Gasteiger partial charge >= 0.3 is 0 Å². The Labute approximate surface area is 181 Å². The molecule has 6 nitrogen and oxygen atoms in total. The third-order valence-electron chi connectivity index (χ3n) is 4.57. The van der Waals surface area contributed by atoms with Crippen LogP contribution < -0.4 is 18.5 Å². The van der Waals surface area contributed by atoms with Gasteiger partial charge in [-0.1, -0.05) is 41.9 Å². The number of anilines is 1. The largest absolute Gasteiger partial charge is 0.496 e. The first kappa shape index (κ1) is 21.8. The summed E-state index contributed by atoms with van der Waals surface area (Å²) in [6.07, 6.45) is 0. The predicted octanol–water partition coefficient (Wildman–Crippen LogP) is 4.76. The smallest absolute Gasteiger partial charge is 0.266 e. The van der Waals surface area contributed by atoms with E-state index in [1.54, 1.807) is 49.6 Å². The van der Waals surface area contributed by atoms with Crippen LogP contribution in [0.5, 0.6) is 17.2 Å². The normalized spacial score (nSPS) is 11.1. The summed E-state index contributed by atoms with van der Waals surface area (Å²) in [6.45, 7) is 0.0348. The van der Waals surface area contributed by atoms with Crippen molar-refractivity contribution in [1.82, 2.24) is 0 Å². The van der Waals surface area contributed by atoms with E-state index >= 15 is 0 Å². The third kappa shape index (κ3) is 4.32. The molecule has 158 valence electrons. The van der Waals surface area contributed by atoms with E-state index in [0.29, 0.717) is 28.5 Å². The quantitative estimate of drug-likeness (QED) is 0.498. The first-order valence-electron chi connectivity index (χ1n) is 9.03. The highest BCUT2D eigenvalue weighted by Gasteiger charge is 2.29. The Bertz CT molecular complexity index is 1130. The lowest BCUT2D eigenvalue weighted by Gasteiger charge is -2.26. The van der Waals surface area contributed by atoms with Gasteiger partial charge in [-0.25, -0.2) is 8.42 Å². The highest BCUT2D eigenvalue weighted by Crippen LogP contribution is 2.36. The minimum Gasteiger partial charge on any atom is -0.496 e. The van der Waals surface area contributed by atoms with Crippen LogP contribution in [0.1, 0.15) is 5.56 Å². The van der Waals surface area contributed by atoms with Gasteiger partial charge in [0.2, 0.25) is 0 Å². The molecule has 0 saturated heterocycles. The van der Waals surface area contributed by atoms with Crippen LogP contribution in [0.3, 0.4) is 0 Å². The van der Waals surface area contributed by atoms with Gasteiger partial charge in [0.15, 0.2) is 11.5 Å². The molecule has 3 rings (SSSR count). The first-order chi connectivity index (χ1) is 14.4. The zero-order chi connectivity index (χ0) is 21.7.